The molecule has 0 saturated heterocycles. The smallest absolute Gasteiger partial charge is 0.0375 e. The third-order valence-corrected chi connectivity index (χ3v) is 2.39. The van der Waals surface area contributed by atoms with Gasteiger partial charge in [-0.3, -0.25) is 0 Å². The van der Waals surface area contributed by atoms with Crippen molar-refractivity contribution in [2.75, 3.05) is 11.9 Å². The summed E-state index contributed by atoms with van der Waals surface area (Å²) in [7, 11) is 0. The van der Waals surface area contributed by atoms with Crippen molar-refractivity contribution in [2.45, 2.75) is 40.5 Å². The van der Waals surface area contributed by atoms with Crippen LogP contribution in [0.5, 0.6) is 0 Å². The highest BCUT2D eigenvalue weighted by molar-refractivity contribution is 5.52. The third-order valence-electron chi connectivity index (χ3n) is 2.39. The Morgan fingerprint density at radius 3 is 2.27 bits per heavy atom. The molecule has 0 unspecified atom stereocenters. The minimum atomic E-state index is 0.324. The van der Waals surface area contributed by atoms with Crippen LogP contribution < -0.4 is 5.32 Å². The highest BCUT2D eigenvalue weighted by atomic mass is 14.9. The minimum Gasteiger partial charge on any atom is -0.384 e. The van der Waals surface area contributed by atoms with Gasteiger partial charge in [0.1, 0.15) is 0 Å². The fourth-order valence-corrected chi connectivity index (χ4v) is 1.52. The van der Waals surface area contributed by atoms with Crippen molar-refractivity contribution in [1.82, 2.24) is 0 Å². The van der Waals surface area contributed by atoms with E-state index >= 15 is 0 Å². The first-order valence-corrected chi connectivity index (χ1v) is 5.73. The molecule has 1 rings (SSSR count). The topological polar surface area (TPSA) is 12.0 Å². The number of rotatable bonds is 3. The van der Waals surface area contributed by atoms with Crippen LogP contribution in [0, 0.1) is 5.41 Å². The van der Waals surface area contributed by atoms with E-state index in [-0.39, 0.29) is 0 Å². The number of anilines is 1. The summed E-state index contributed by atoms with van der Waals surface area (Å²) < 4.78 is 0. The van der Waals surface area contributed by atoms with Crippen LogP contribution >= 0.6 is 0 Å². The molecule has 0 aliphatic heterocycles. The summed E-state index contributed by atoms with van der Waals surface area (Å²) >= 11 is 0. The molecule has 0 spiro atoms. The second-order valence-electron chi connectivity index (χ2n) is 5.66. The number of para-hydroxylation sites is 1. The lowest BCUT2D eigenvalue weighted by atomic mass is 9.95. The number of hydrogen-bond donors (Lipinski definition) is 1. The second kappa shape index (κ2) is 4.69. The predicted octanol–water partition coefficient (Wildman–Crippen LogP) is 4.27. The molecule has 1 aromatic carbocycles. The molecular weight excluding hydrogens is 182 g/mol. The van der Waals surface area contributed by atoms with Gasteiger partial charge < -0.3 is 5.32 Å². The van der Waals surface area contributed by atoms with Crippen molar-refractivity contribution >= 4 is 5.69 Å². The fourth-order valence-electron chi connectivity index (χ4n) is 1.52. The van der Waals surface area contributed by atoms with Crippen molar-refractivity contribution < 1.29 is 0 Å². The van der Waals surface area contributed by atoms with Crippen molar-refractivity contribution in [3.05, 3.63) is 29.8 Å². The molecule has 0 aliphatic carbocycles. The van der Waals surface area contributed by atoms with Gasteiger partial charge in [0.15, 0.2) is 0 Å². The zero-order chi connectivity index (χ0) is 11.5. The van der Waals surface area contributed by atoms with Crippen LogP contribution in [0.2, 0.25) is 0 Å². The summed E-state index contributed by atoms with van der Waals surface area (Å²) in [6.07, 6.45) is 0. The maximum Gasteiger partial charge on any atom is 0.0375 e. The van der Waals surface area contributed by atoms with Crippen LogP contribution in [-0.2, 0) is 0 Å². The minimum absolute atomic E-state index is 0.324. The Morgan fingerprint density at radius 1 is 1.13 bits per heavy atom. The van der Waals surface area contributed by atoms with Gasteiger partial charge in [-0.25, -0.2) is 0 Å². The zero-order valence-corrected chi connectivity index (χ0v) is 10.6. The molecule has 0 aliphatic rings. The van der Waals surface area contributed by atoms with E-state index in [2.05, 4.69) is 64.2 Å². The van der Waals surface area contributed by atoms with Crippen LogP contribution in [0.3, 0.4) is 0 Å². The van der Waals surface area contributed by atoms with Crippen LogP contribution in [0.25, 0.3) is 0 Å². The Balaban J connectivity index is 2.76. The molecule has 0 radical (unpaired) electrons. The molecule has 1 aromatic rings. The molecule has 84 valence electrons. The summed E-state index contributed by atoms with van der Waals surface area (Å²) in [6, 6.07) is 8.57. The first-order chi connectivity index (χ1) is 6.90. The lowest BCUT2D eigenvalue weighted by molar-refractivity contribution is 0.443. The van der Waals surface area contributed by atoms with Crippen LogP contribution in [0.15, 0.2) is 24.3 Å². The molecule has 0 saturated carbocycles. The van der Waals surface area contributed by atoms with Crippen molar-refractivity contribution in [3.63, 3.8) is 0 Å². The van der Waals surface area contributed by atoms with Crippen LogP contribution in [0.1, 0.15) is 46.1 Å². The van der Waals surface area contributed by atoms with E-state index in [4.69, 9.17) is 0 Å². The molecule has 1 nitrogen and oxygen atoms in total. The second-order valence-corrected chi connectivity index (χ2v) is 5.66. The highest BCUT2D eigenvalue weighted by Gasteiger charge is 2.11. The summed E-state index contributed by atoms with van der Waals surface area (Å²) in [4.78, 5) is 0. The number of benzene rings is 1. The first-order valence-electron chi connectivity index (χ1n) is 5.73. The zero-order valence-electron chi connectivity index (χ0n) is 10.6. The Kier molecular flexibility index (Phi) is 3.78. The highest BCUT2D eigenvalue weighted by Crippen LogP contribution is 2.25. The van der Waals surface area contributed by atoms with Gasteiger partial charge in [0.25, 0.3) is 0 Å². The molecule has 0 atom stereocenters. The lowest BCUT2D eigenvalue weighted by Gasteiger charge is -2.22. The third kappa shape index (κ3) is 3.94. The first kappa shape index (κ1) is 12.1. The van der Waals surface area contributed by atoms with Crippen molar-refractivity contribution in [1.29, 1.82) is 0 Å². The van der Waals surface area contributed by atoms with E-state index in [0.717, 1.165) is 6.54 Å². The van der Waals surface area contributed by atoms with Crippen molar-refractivity contribution in [3.8, 4) is 0 Å². The van der Waals surface area contributed by atoms with E-state index in [9.17, 15) is 0 Å². The standard InChI is InChI=1S/C14H23N/c1-11(2)12-8-6-7-9-13(12)15-10-14(3,4)5/h6-9,11,15H,10H2,1-5H3. The predicted molar refractivity (Wildman–Crippen MR) is 68.5 cm³/mol. The molecule has 0 fully saturated rings. The lowest BCUT2D eigenvalue weighted by Crippen LogP contribution is -2.19. The van der Waals surface area contributed by atoms with E-state index in [1.54, 1.807) is 0 Å². The van der Waals surface area contributed by atoms with Gasteiger partial charge >= 0.3 is 0 Å². The molecule has 0 aromatic heterocycles. The van der Waals surface area contributed by atoms with E-state index < -0.39 is 0 Å². The van der Waals surface area contributed by atoms with Gasteiger partial charge in [0.2, 0.25) is 0 Å². The van der Waals surface area contributed by atoms with Crippen molar-refractivity contribution in [2.24, 2.45) is 5.41 Å². The average Bonchev–Trinajstić information content (AvgIpc) is 2.14. The van der Waals surface area contributed by atoms with Crippen LogP contribution in [-0.4, -0.2) is 6.54 Å². The summed E-state index contributed by atoms with van der Waals surface area (Å²) in [6.45, 7) is 12.2. The Morgan fingerprint density at radius 2 is 1.73 bits per heavy atom. The molecule has 0 heterocycles. The average molecular weight is 205 g/mol. The molecular formula is C14H23N. The van der Waals surface area contributed by atoms with E-state index in [1.165, 1.54) is 11.3 Å². The molecule has 0 amide bonds. The monoisotopic (exact) mass is 205 g/mol. The number of hydrogen-bond acceptors (Lipinski definition) is 1. The Hall–Kier alpha value is -0.980. The molecule has 1 heteroatoms. The normalized spacial score (nSPS) is 11.9. The Labute approximate surface area is 93.9 Å². The maximum absolute atomic E-state index is 3.53. The van der Waals surface area contributed by atoms with Crippen LogP contribution in [0.4, 0.5) is 5.69 Å². The quantitative estimate of drug-likeness (QED) is 0.777. The van der Waals surface area contributed by atoms with E-state index in [1.807, 2.05) is 0 Å². The van der Waals surface area contributed by atoms with Gasteiger partial charge in [0, 0.05) is 12.2 Å². The fraction of sp³-hybridized carbons (Fsp3) is 0.571. The maximum atomic E-state index is 3.53. The van der Waals surface area contributed by atoms with Gasteiger partial charge in [-0.05, 0) is 23.0 Å². The van der Waals surface area contributed by atoms with Gasteiger partial charge in [0.05, 0.1) is 0 Å². The van der Waals surface area contributed by atoms with Gasteiger partial charge in [-0.1, -0.05) is 52.8 Å². The van der Waals surface area contributed by atoms with E-state index in [0.29, 0.717) is 11.3 Å². The molecule has 15 heavy (non-hydrogen) atoms. The van der Waals surface area contributed by atoms with Gasteiger partial charge in [-0.15, -0.1) is 0 Å². The van der Waals surface area contributed by atoms with Gasteiger partial charge in [-0.2, -0.15) is 0 Å². The summed E-state index contributed by atoms with van der Waals surface area (Å²) in [5.41, 5.74) is 3.01. The molecule has 0 bridgehead atoms. The summed E-state index contributed by atoms with van der Waals surface area (Å²) in [5.74, 6) is 0.577. The largest absolute Gasteiger partial charge is 0.384 e. The molecule has 1 N–H and O–H groups in total. The SMILES string of the molecule is CC(C)c1ccccc1NCC(C)(C)C. The summed E-state index contributed by atoms with van der Waals surface area (Å²) in [5, 5.41) is 3.53. The number of nitrogens with one attached hydrogen (secondary N) is 1. The Bertz CT molecular complexity index is 307.